The molecule has 0 radical (unpaired) electrons. The van der Waals surface area contributed by atoms with Gasteiger partial charge in [0.25, 0.3) is 0 Å². The third kappa shape index (κ3) is 3.35. The summed E-state index contributed by atoms with van der Waals surface area (Å²) in [6, 6.07) is 6.23. The van der Waals surface area contributed by atoms with Crippen LogP contribution < -0.4 is 10.6 Å². The summed E-state index contributed by atoms with van der Waals surface area (Å²) in [4.78, 5) is 9.34. The second-order valence-corrected chi connectivity index (χ2v) is 5.81. The highest BCUT2D eigenvalue weighted by Gasteiger charge is 2.11. The third-order valence-electron chi connectivity index (χ3n) is 3.54. The van der Waals surface area contributed by atoms with Crippen molar-refractivity contribution in [2.75, 3.05) is 46.1 Å². The molecule has 0 amide bonds. The van der Waals surface area contributed by atoms with E-state index in [1.807, 2.05) is 6.07 Å². The number of halogens is 1. The molecule has 0 atom stereocenters. The fraction of sp³-hybridized carbons (Fsp3) is 0.500. The molecular weight excluding hydrogens is 306 g/mol. The van der Waals surface area contributed by atoms with Crippen LogP contribution in [-0.4, -0.2) is 55.9 Å². The summed E-state index contributed by atoms with van der Waals surface area (Å²) in [5.41, 5.74) is 0. The molecule has 1 fully saturated rings. The lowest BCUT2D eigenvalue weighted by molar-refractivity contribution is 0.0358. The fourth-order valence-electron chi connectivity index (χ4n) is 2.41. The predicted octanol–water partition coefficient (Wildman–Crippen LogP) is 0.412. The maximum atomic E-state index is 5.36. The first-order chi connectivity index (χ1) is 9.31. The van der Waals surface area contributed by atoms with E-state index in [1.165, 1.54) is 5.22 Å². The van der Waals surface area contributed by atoms with Gasteiger partial charge in [-0.05, 0) is 18.2 Å². The van der Waals surface area contributed by atoms with Crippen molar-refractivity contribution in [3.8, 4) is 0 Å². The van der Waals surface area contributed by atoms with Crippen LogP contribution >= 0.6 is 15.9 Å². The van der Waals surface area contributed by atoms with E-state index >= 15 is 0 Å². The van der Waals surface area contributed by atoms with Gasteiger partial charge >= 0.3 is 0 Å². The zero-order valence-electron chi connectivity index (χ0n) is 10.9. The van der Waals surface area contributed by atoms with Gasteiger partial charge in [0.05, 0.1) is 18.6 Å². The van der Waals surface area contributed by atoms with Crippen LogP contribution in [0.2, 0.25) is 0 Å². The maximum Gasteiger partial charge on any atom is 0.110 e. The van der Waals surface area contributed by atoms with Crippen molar-refractivity contribution in [1.82, 2.24) is 9.80 Å². The van der Waals surface area contributed by atoms with E-state index in [0.29, 0.717) is 0 Å². The second kappa shape index (κ2) is 6.03. The molecule has 3 rings (SSSR count). The Morgan fingerprint density at radius 1 is 1.21 bits per heavy atom. The molecule has 1 aromatic rings. The molecule has 5 heteroatoms. The SMILES string of the molecule is Brc1ccc2c(c1)=CN(CCN1CCOCC1)CN=2. The van der Waals surface area contributed by atoms with E-state index in [4.69, 9.17) is 4.74 Å². The van der Waals surface area contributed by atoms with Crippen molar-refractivity contribution >= 4 is 22.1 Å². The Morgan fingerprint density at radius 2 is 2.05 bits per heavy atom. The number of fused-ring (bicyclic) bond motifs is 1. The van der Waals surface area contributed by atoms with Crippen LogP contribution in [0.25, 0.3) is 6.20 Å². The first-order valence-electron chi connectivity index (χ1n) is 6.67. The van der Waals surface area contributed by atoms with Crippen LogP contribution in [0.5, 0.6) is 0 Å². The van der Waals surface area contributed by atoms with Crippen molar-refractivity contribution in [2.24, 2.45) is 4.99 Å². The smallest absolute Gasteiger partial charge is 0.110 e. The van der Waals surface area contributed by atoms with Crippen LogP contribution in [0.15, 0.2) is 27.7 Å². The average molecular weight is 324 g/mol. The summed E-state index contributed by atoms with van der Waals surface area (Å²) in [6.45, 7) is 6.70. The molecule has 0 spiro atoms. The molecule has 1 aromatic carbocycles. The topological polar surface area (TPSA) is 28.1 Å². The first-order valence-corrected chi connectivity index (χ1v) is 7.47. The van der Waals surface area contributed by atoms with E-state index < -0.39 is 0 Å². The van der Waals surface area contributed by atoms with Crippen molar-refractivity contribution in [2.45, 2.75) is 0 Å². The normalized spacial score (nSPS) is 19.5. The van der Waals surface area contributed by atoms with Gasteiger partial charge in [-0.3, -0.25) is 9.89 Å². The number of hydrogen-bond acceptors (Lipinski definition) is 4. The Bertz CT molecular complexity index is 554. The Hall–Kier alpha value is -0.910. The largest absolute Gasteiger partial charge is 0.379 e. The van der Waals surface area contributed by atoms with Gasteiger partial charge in [-0.15, -0.1) is 0 Å². The summed E-state index contributed by atoms with van der Waals surface area (Å²) < 4.78 is 6.47. The minimum absolute atomic E-state index is 0.763. The van der Waals surface area contributed by atoms with E-state index in [-0.39, 0.29) is 0 Å². The fourth-order valence-corrected chi connectivity index (χ4v) is 2.79. The molecular formula is C14H18BrN3O. The van der Waals surface area contributed by atoms with E-state index in [0.717, 1.165) is 55.9 Å². The van der Waals surface area contributed by atoms with Crippen molar-refractivity contribution in [3.63, 3.8) is 0 Å². The molecule has 19 heavy (non-hydrogen) atoms. The molecule has 102 valence electrons. The zero-order chi connectivity index (χ0) is 13.1. The Balaban J connectivity index is 1.64. The van der Waals surface area contributed by atoms with Gasteiger partial charge in [0.1, 0.15) is 6.67 Å². The Kier molecular flexibility index (Phi) is 4.15. The molecule has 2 aliphatic rings. The van der Waals surface area contributed by atoms with Crippen LogP contribution in [0, 0.1) is 0 Å². The molecule has 0 aliphatic carbocycles. The molecule has 0 aromatic heterocycles. The van der Waals surface area contributed by atoms with E-state index in [9.17, 15) is 0 Å². The molecule has 0 unspecified atom stereocenters. The first kappa shape index (κ1) is 13.1. The number of nitrogens with zero attached hydrogens (tertiary/aromatic N) is 3. The molecule has 0 N–H and O–H groups in total. The number of benzene rings is 1. The van der Waals surface area contributed by atoms with Crippen LogP contribution in [0.3, 0.4) is 0 Å². The molecule has 0 bridgehead atoms. The lowest BCUT2D eigenvalue weighted by Crippen LogP contribution is -2.42. The highest BCUT2D eigenvalue weighted by Crippen LogP contribution is 2.04. The summed E-state index contributed by atoms with van der Waals surface area (Å²) in [6.07, 6.45) is 2.22. The van der Waals surface area contributed by atoms with Gasteiger partial charge in [-0.2, -0.15) is 0 Å². The summed E-state index contributed by atoms with van der Waals surface area (Å²) in [5, 5.41) is 2.29. The van der Waals surface area contributed by atoms with Crippen molar-refractivity contribution < 1.29 is 4.74 Å². The monoisotopic (exact) mass is 323 g/mol. The molecule has 0 saturated carbocycles. The van der Waals surface area contributed by atoms with Crippen LogP contribution in [0.4, 0.5) is 0 Å². The van der Waals surface area contributed by atoms with Crippen LogP contribution in [-0.2, 0) is 4.74 Å². The summed E-state index contributed by atoms with van der Waals surface area (Å²) in [7, 11) is 0. The molecule has 2 heterocycles. The Labute approximate surface area is 121 Å². The summed E-state index contributed by atoms with van der Waals surface area (Å²) in [5.74, 6) is 0. The Morgan fingerprint density at radius 3 is 2.89 bits per heavy atom. The van der Waals surface area contributed by atoms with E-state index in [1.54, 1.807) is 0 Å². The van der Waals surface area contributed by atoms with Gasteiger partial charge in [0.15, 0.2) is 0 Å². The number of ether oxygens (including phenoxy) is 1. The highest BCUT2D eigenvalue weighted by molar-refractivity contribution is 9.10. The van der Waals surface area contributed by atoms with Gasteiger partial charge in [0.2, 0.25) is 0 Å². The molecule has 1 saturated heterocycles. The zero-order valence-corrected chi connectivity index (χ0v) is 12.5. The van der Waals surface area contributed by atoms with Gasteiger partial charge < -0.3 is 9.64 Å². The molecule has 2 aliphatic heterocycles. The van der Waals surface area contributed by atoms with Crippen molar-refractivity contribution in [3.05, 3.63) is 33.2 Å². The second-order valence-electron chi connectivity index (χ2n) is 4.90. The minimum atomic E-state index is 0.763. The standard InChI is InChI=1S/C14H18BrN3O/c15-13-1-2-14-12(9-13)10-18(11-16-14)4-3-17-5-7-19-8-6-17/h1-2,9-10H,3-8,11H2. The van der Waals surface area contributed by atoms with E-state index in [2.05, 4.69) is 49.1 Å². The number of hydrogen-bond donors (Lipinski definition) is 0. The van der Waals surface area contributed by atoms with Gasteiger partial charge in [-0.1, -0.05) is 15.9 Å². The number of morpholine rings is 1. The lowest BCUT2D eigenvalue weighted by atomic mass is 10.2. The van der Waals surface area contributed by atoms with Gasteiger partial charge in [0, 0.05) is 42.1 Å². The minimum Gasteiger partial charge on any atom is -0.379 e. The van der Waals surface area contributed by atoms with Crippen molar-refractivity contribution in [1.29, 1.82) is 0 Å². The highest BCUT2D eigenvalue weighted by atomic mass is 79.9. The van der Waals surface area contributed by atoms with Gasteiger partial charge in [-0.25, -0.2) is 0 Å². The predicted molar refractivity (Wildman–Crippen MR) is 78.2 cm³/mol. The number of rotatable bonds is 3. The molecule has 4 nitrogen and oxygen atoms in total. The maximum absolute atomic E-state index is 5.36. The summed E-state index contributed by atoms with van der Waals surface area (Å²) >= 11 is 3.51. The third-order valence-corrected chi connectivity index (χ3v) is 4.03. The quantitative estimate of drug-likeness (QED) is 0.806. The lowest BCUT2D eigenvalue weighted by Gasteiger charge is -2.29. The van der Waals surface area contributed by atoms with Crippen LogP contribution in [0.1, 0.15) is 0 Å². The average Bonchev–Trinajstić information content (AvgIpc) is 2.46.